The van der Waals surface area contributed by atoms with Gasteiger partial charge in [-0.05, 0) is 32.0 Å². The SMILES string of the molecule is C/C(=N\NC(=O)CNc1ccc(C)cc1)c1ccccc1F. The van der Waals surface area contributed by atoms with Crippen molar-refractivity contribution < 1.29 is 9.18 Å². The highest BCUT2D eigenvalue weighted by atomic mass is 19.1. The lowest BCUT2D eigenvalue weighted by atomic mass is 10.1. The molecule has 0 aliphatic heterocycles. The third-order valence-corrected chi connectivity index (χ3v) is 3.12. The second kappa shape index (κ2) is 7.36. The number of nitrogens with zero attached hydrogens (tertiary/aromatic N) is 1. The maximum absolute atomic E-state index is 13.6. The number of nitrogens with one attached hydrogen (secondary N) is 2. The van der Waals surface area contributed by atoms with E-state index in [0.29, 0.717) is 11.3 Å². The fourth-order valence-electron chi connectivity index (χ4n) is 1.85. The number of amides is 1. The molecule has 0 unspecified atom stereocenters. The van der Waals surface area contributed by atoms with E-state index >= 15 is 0 Å². The molecule has 0 radical (unpaired) electrons. The van der Waals surface area contributed by atoms with Crippen LogP contribution in [0.2, 0.25) is 0 Å². The molecule has 2 N–H and O–H groups in total. The van der Waals surface area contributed by atoms with Gasteiger partial charge in [0.05, 0.1) is 12.3 Å². The number of hydrogen-bond acceptors (Lipinski definition) is 3. The first-order valence-corrected chi connectivity index (χ1v) is 6.95. The highest BCUT2D eigenvalue weighted by molar-refractivity contribution is 5.99. The van der Waals surface area contributed by atoms with E-state index in [-0.39, 0.29) is 18.3 Å². The average Bonchev–Trinajstić information content (AvgIpc) is 2.52. The summed E-state index contributed by atoms with van der Waals surface area (Å²) in [5.74, 6) is -0.660. The average molecular weight is 299 g/mol. The molecule has 0 aliphatic rings. The van der Waals surface area contributed by atoms with Gasteiger partial charge in [-0.3, -0.25) is 4.79 Å². The summed E-state index contributed by atoms with van der Waals surface area (Å²) in [5, 5.41) is 6.91. The van der Waals surface area contributed by atoms with Crippen molar-refractivity contribution >= 4 is 17.3 Å². The monoisotopic (exact) mass is 299 g/mol. The summed E-state index contributed by atoms with van der Waals surface area (Å²) in [6.07, 6.45) is 0. The molecule has 0 saturated heterocycles. The van der Waals surface area contributed by atoms with Crippen molar-refractivity contribution in [1.82, 2.24) is 5.43 Å². The molecule has 0 fully saturated rings. The van der Waals surface area contributed by atoms with Gasteiger partial charge < -0.3 is 5.32 Å². The second-order valence-electron chi connectivity index (χ2n) is 4.93. The topological polar surface area (TPSA) is 53.5 Å². The molecule has 2 aromatic rings. The predicted molar refractivity (Wildman–Crippen MR) is 86.4 cm³/mol. The summed E-state index contributed by atoms with van der Waals surface area (Å²) >= 11 is 0. The molecule has 2 rings (SSSR count). The van der Waals surface area contributed by atoms with Crippen LogP contribution in [0.3, 0.4) is 0 Å². The van der Waals surface area contributed by atoms with Crippen LogP contribution in [0, 0.1) is 12.7 Å². The minimum atomic E-state index is -0.365. The first-order chi connectivity index (χ1) is 10.6. The minimum Gasteiger partial charge on any atom is -0.376 e. The molecule has 2 aromatic carbocycles. The Labute approximate surface area is 129 Å². The maximum atomic E-state index is 13.6. The Morgan fingerprint density at radius 3 is 2.50 bits per heavy atom. The molecule has 114 valence electrons. The van der Waals surface area contributed by atoms with Crippen molar-refractivity contribution in [1.29, 1.82) is 0 Å². The second-order valence-corrected chi connectivity index (χ2v) is 4.93. The summed E-state index contributed by atoms with van der Waals surface area (Å²) in [6, 6.07) is 14.0. The Bertz CT molecular complexity index is 681. The predicted octanol–water partition coefficient (Wildman–Crippen LogP) is 3.09. The lowest BCUT2D eigenvalue weighted by Crippen LogP contribution is -2.26. The molecule has 4 nitrogen and oxygen atoms in total. The van der Waals surface area contributed by atoms with Crippen molar-refractivity contribution in [3.8, 4) is 0 Å². The van der Waals surface area contributed by atoms with Crippen molar-refractivity contribution in [2.75, 3.05) is 11.9 Å². The van der Waals surface area contributed by atoms with Gasteiger partial charge in [0.25, 0.3) is 5.91 Å². The molecule has 22 heavy (non-hydrogen) atoms. The summed E-state index contributed by atoms with van der Waals surface area (Å²) in [5.41, 5.74) is 5.21. The van der Waals surface area contributed by atoms with Crippen molar-refractivity contribution in [2.24, 2.45) is 5.10 Å². The fraction of sp³-hybridized carbons (Fsp3) is 0.176. The summed E-state index contributed by atoms with van der Waals surface area (Å²) in [4.78, 5) is 11.7. The van der Waals surface area contributed by atoms with Crippen molar-refractivity contribution in [3.05, 3.63) is 65.5 Å². The van der Waals surface area contributed by atoms with Crippen LogP contribution in [0.1, 0.15) is 18.1 Å². The quantitative estimate of drug-likeness (QED) is 0.658. The summed E-state index contributed by atoms with van der Waals surface area (Å²) < 4.78 is 13.6. The molecular formula is C17H18FN3O. The highest BCUT2D eigenvalue weighted by Gasteiger charge is 2.05. The molecule has 0 heterocycles. The molecule has 0 saturated carbocycles. The minimum absolute atomic E-state index is 0.0944. The van der Waals surface area contributed by atoms with Crippen LogP contribution in [0.15, 0.2) is 53.6 Å². The smallest absolute Gasteiger partial charge is 0.259 e. The Morgan fingerprint density at radius 1 is 1.14 bits per heavy atom. The molecular weight excluding hydrogens is 281 g/mol. The van der Waals surface area contributed by atoms with Gasteiger partial charge >= 0.3 is 0 Å². The van der Waals surface area contributed by atoms with Crippen LogP contribution in [0.4, 0.5) is 10.1 Å². The Hall–Kier alpha value is -2.69. The van der Waals surface area contributed by atoms with E-state index in [0.717, 1.165) is 11.3 Å². The van der Waals surface area contributed by atoms with Gasteiger partial charge in [-0.2, -0.15) is 5.10 Å². The fourth-order valence-corrected chi connectivity index (χ4v) is 1.85. The zero-order chi connectivity index (χ0) is 15.9. The first kappa shape index (κ1) is 15.7. The van der Waals surface area contributed by atoms with E-state index in [4.69, 9.17) is 0 Å². The molecule has 0 spiro atoms. The van der Waals surface area contributed by atoms with Crippen LogP contribution in [0.25, 0.3) is 0 Å². The van der Waals surface area contributed by atoms with E-state index in [9.17, 15) is 9.18 Å². The lowest BCUT2D eigenvalue weighted by molar-refractivity contribution is -0.119. The van der Waals surface area contributed by atoms with Crippen LogP contribution in [-0.4, -0.2) is 18.2 Å². The number of anilines is 1. The van der Waals surface area contributed by atoms with Gasteiger partial charge in [-0.25, -0.2) is 9.82 Å². The summed E-state index contributed by atoms with van der Waals surface area (Å²) in [6.45, 7) is 3.74. The maximum Gasteiger partial charge on any atom is 0.259 e. The van der Waals surface area contributed by atoms with Gasteiger partial charge in [0.1, 0.15) is 5.82 Å². The highest BCUT2D eigenvalue weighted by Crippen LogP contribution is 2.08. The molecule has 5 heteroatoms. The number of aryl methyl sites for hydroxylation is 1. The third-order valence-electron chi connectivity index (χ3n) is 3.12. The largest absolute Gasteiger partial charge is 0.376 e. The van der Waals surface area contributed by atoms with Crippen LogP contribution < -0.4 is 10.7 Å². The number of halogens is 1. The molecule has 0 aromatic heterocycles. The van der Waals surface area contributed by atoms with Crippen LogP contribution in [0.5, 0.6) is 0 Å². The van der Waals surface area contributed by atoms with Gasteiger partial charge in [-0.15, -0.1) is 0 Å². The van der Waals surface area contributed by atoms with Crippen molar-refractivity contribution in [3.63, 3.8) is 0 Å². The number of benzene rings is 2. The summed E-state index contributed by atoms with van der Waals surface area (Å²) in [7, 11) is 0. The number of carbonyl (C=O) groups excluding carboxylic acids is 1. The molecule has 1 amide bonds. The zero-order valence-electron chi connectivity index (χ0n) is 12.6. The van der Waals surface area contributed by atoms with E-state index < -0.39 is 0 Å². The Morgan fingerprint density at radius 2 is 1.82 bits per heavy atom. The zero-order valence-corrected chi connectivity index (χ0v) is 12.6. The van der Waals surface area contributed by atoms with E-state index in [1.54, 1.807) is 25.1 Å². The third kappa shape index (κ3) is 4.41. The number of hydrogen-bond donors (Lipinski definition) is 2. The normalized spacial score (nSPS) is 11.1. The standard InChI is InChI=1S/C17H18FN3O/c1-12-7-9-14(10-8-12)19-11-17(22)21-20-13(2)15-5-3-4-6-16(15)18/h3-10,19H,11H2,1-2H3,(H,21,22)/b20-13+. The van der Waals surface area contributed by atoms with E-state index in [2.05, 4.69) is 15.8 Å². The van der Waals surface area contributed by atoms with Gasteiger partial charge in [0.2, 0.25) is 0 Å². The Balaban J connectivity index is 1.88. The number of rotatable bonds is 5. The number of hydrazone groups is 1. The van der Waals surface area contributed by atoms with Gasteiger partial charge in [0, 0.05) is 11.3 Å². The van der Waals surface area contributed by atoms with Gasteiger partial charge in [-0.1, -0.05) is 35.9 Å². The molecule has 0 aliphatic carbocycles. The van der Waals surface area contributed by atoms with Crippen molar-refractivity contribution in [2.45, 2.75) is 13.8 Å². The first-order valence-electron chi connectivity index (χ1n) is 6.95. The van der Waals surface area contributed by atoms with Crippen LogP contribution >= 0.6 is 0 Å². The lowest BCUT2D eigenvalue weighted by Gasteiger charge is -2.06. The Kier molecular flexibility index (Phi) is 5.25. The van der Waals surface area contributed by atoms with E-state index in [1.165, 1.54) is 6.07 Å². The van der Waals surface area contributed by atoms with Crippen LogP contribution in [-0.2, 0) is 4.79 Å². The molecule has 0 bridgehead atoms. The van der Waals surface area contributed by atoms with Gasteiger partial charge in [0.15, 0.2) is 0 Å². The molecule has 0 atom stereocenters. The number of carbonyl (C=O) groups is 1. The van der Waals surface area contributed by atoms with E-state index in [1.807, 2.05) is 31.2 Å².